The van der Waals surface area contributed by atoms with Crippen LogP contribution in [0.15, 0.2) is 66.7 Å². The van der Waals surface area contributed by atoms with Crippen molar-refractivity contribution in [3.8, 4) is 5.75 Å². The number of carbonyl (C=O) groups is 1. The lowest BCUT2D eigenvalue weighted by Gasteiger charge is -2.27. The number of hydrogen-bond donors (Lipinski definition) is 3. The van der Waals surface area contributed by atoms with E-state index in [-0.39, 0.29) is 19.8 Å². The van der Waals surface area contributed by atoms with Gasteiger partial charge in [0.1, 0.15) is 18.5 Å². The lowest BCUT2D eigenvalue weighted by molar-refractivity contribution is -0.0484. The zero-order chi connectivity index (χ0) is 22.8. The highest BCUT2D eigenvalue weighted by atomic mass is 16.6. The van der Waals surface area contributed by atoms with Gasteiger partial charge in [-0.05, 0) is 36.1 Å². The zero-order valence-corrected chi connectivity index (χ0v) is 18.1. The number of carbonyl (C=O) groups excluding carboxylic acids is 1. The second kappa shape index (κ2) is 12.0. The second-order valence-corrected chi connectivity index (χ2v) is 7.12. The van der Waals surface area contributed by atoms with Crippen molar-refractivity contribution < 1.29 is 29.2 Å². The van der Waals surface area contributed by atoms with Crippen molar-refractivity contribution in [2.24, 2.45) is 0 Å². The number of amides is 1. The quantitative estimate of drug-likeness (QED) is 0.412. The van der Waals surface area contributed by atoms with Crippen LogP contribution >= 0.6 is 0 Å². The maximum atomic E-state index is 12.9. The van der Waals surface area contributed by atoms with Gasteiger partial charge in [-0.2, -0.15) is 0 Å². The summed E-state index contributed by atoms with van der Waals surface area (Å²) in [5.74, 6) is 0.594. The summed E-state index contributed by atoms with van der Waals surface area (Å²) < 4.78 is 17.0. The normalized spacial score (nSPS) is 12.8. The highest BCUT2D eigenvalue weighted by molar-refractivity contribution is 6.00. The molecule has 0 unspecified atom stereocenters. The van der Waals surface area contributed by atoms with E-state index in [1.165, 1.54) is 0 Å². The number of nitrogens with one attached hydrogen (secondary N) is 1. The molecular weight excluding hydrogens is 410 g/mol. The first-order chi connectivity index (χ1) is 15.7. The maximum Gasteiger partial charge on any atom is 0.412 e. The van der Waals surface area contributed by atoms with Crippen molar-refractivity contribution in [2.75, 3.05) is 31.7 Å². The Morgan fingerprint density at radius 1 is 0.969 bits per heavy atom. The van der Waals surface area contributed by atoms with Crippen molar-refractivity contribution in [1.29, 1.82) is 0 Å². The Balaban J connectivity index is 1.81. The van der Waals surface area contributed by atoms with Crippen molar-refractivity contribution in [1.82, 2.24) is 0 Å². The van der Waals surface area contributed by atoms with Gasteiger partial charge in [0, 0.05) is 25.0 Å². The lowest BCUT2D eigenvalue weighted by atomic mass is 10.0. The van der Waals surface area contributed by atoms with E-state index < -0.39 is 18.3 Å². The number of aliphatic hydroxyl groups excluding tert-OH is 2. The van der Waals surface area contributed by atoms with Gasteiger partial charge in [-0.25, -0.2) is 4.79 Å². The predicted octanol–water partition coefficient (Wildman–Crippen LogP) is 4.29. The number of rotatable bonds is 11. The van der Waals surface area contributed by atoms with Crippen LogP contribution in [0.3, 0.4) is 0 Å². The largest absolute Gasteiger partial charge is 0.491 e. The standard InChI is InChI=1S/C25H29NO6/c1-2-30-23(14-15-27)24(19-10-12-20(13-11-19)31-17-16-28)32-25(29)26-22-9-5-7-18-6-3-4-8-21(18)22/h3-13,23-24,27-28H,2,14-17H2,1H3,(H,26,29)/t23-,24-/m1/s1. The van der Waals surface area contributed by atoms with Gasteiger partial charge in [0.15, 0.2) is 6.10 Å². The van der Waals surface area contributed by atoms with E-state index in [2.05, 4.69) is 5.32 Å². The smallest absolute Gasteiger partial charge is 0.412 e. The molecule has 0 saturated heterocycles. The van der Waals surface area contributed by atoms with Crippen LogP contribution in [0.25, 0.3) is 10.8 Å². The fraction of sp³-hybridized carbons (Fsp3) is 0.320. The summed E-state index contributed by atoms with van der Waals surface area (Å²) in [6.07, 6.45) is -1.56. The molecule has 7 heteroatoms. The third-order valence-corrected chi connectivity index (χ3v) is 4.96. The fourth-order valence-electron chi connectivity index (χ4n) is 3.53. The van der Waals surface area contributed by atoms with Crippen LogP contribution < -0.4 is 10.1 Å². The van der Waals surface area contributed by atoms with Gasteiger partial charge in [0.05, 0.1) is 12.3 Å². The first-order valence-corrected chi connectivity index (χ1v) is 10.7. The van der Waals surface area contributed by atoms with Gasteiger partial charge in [-0.1, -0.05) is 48.5 Å². The summed E-state index contributed by atoms with van der Waals surface area (Å²) in [5.41, 5.74) is 1.36. The van der Waals surface area contributed by atoms with Gasteiger partial charge >= 0.3 is 6.09 Å². The second-order valence-electron chi connectivity index (χ2n) is 7.12. The van der Waals surface area contributed by atoms with Gasteiger partial charge < -0.3 is 24.4 Å². The molecule has 7 nitrogen and oxygen atoms in total. The van der Waals surface area contributed by atoms with Crippen LogP contribution in [0.1, 0.15) is 25.0 Å². The average molecular weight is 440 g/mol. The molecule has 0 radical (unpaired) electrons. The molecule has 2 atom stereocenters. The number of ether oxygens (including phenoxy) is 3. The van der Waals surface area contributed by atoms with Crippen molar-refractivity contribution in [3.05, 3.63) is 72.3 Å². The molecule has 32 heavy (non-hydrogen) atoms. The highest BCUT2D eigenvalue weighted by Gasteiger charge is 2.28. The Hall–Kier alpha value is -3.13. The molecule has 0 bridgehead atoms. The summed E-state index contributed by atoms with van der Waals surface area (Å²) >= 11 is 0. The van der Waals surface area contributed by atoms with Crippen LogP contribution in [-0.2, 0) is 9.47 Å². The molecule has 3 aromatic rings. The molecule has 0 aliphatic heterocycles. The topological polar surface area (TPSA) is 97.2 Å². The van der Waals surface area contributed by atoms with E-state index in [0.29, 0.717) is 30.0 Å². The Morgan fingerprint density at radius 3 is 2.44 bits per heavy atom. The van der Waals surface area contributed by atoms with Crippen LogP contribution in [0.5, 0.6) is 5.75 Å². The fourth-order valence-corrected chi connectivity index (χ4v) is 3.53. The Bertz CT molecular complexity index is 980. The van der Waals surface area contributed by atoms with Gasteiger partial charge in [-0.15, -0.1) is 0 Å². The number of aliphatic hydroxyl groups is 2. The van der Waals surface area contributed by atoms with Crippen LogP contribution in [0.2, 0.25) is 0 Å². The molecule has 3 N–H and O–H groups in total. The van der Waals surface area contributed by atoms with E-state index in [1.807, 2.05) is 49.4 Å². The van der Waals surface area contributed by atoms with Crippen molar-refractivity contribution in [2.45, 2.75) is 25.6 Å². The van der Waals surface area contributed by atoms with E-state index in [0.717, 1.165) is 10.8 Å². The van der Waals surface area contributed by atoms with E-state index in [9.17, 15) is 9.90 Å². The molecule has 0 spiro atoms. The Labute approximate surface area is 187 Å². The minimum absolute atomic E-state index is 0.0786. The Morgan fingerprint density at radius 2 is 1.72 bits per heavy atom. The van der Waals surface area contributed by atoms with Crippen LogP contribution in [-0.4, -0.2) is 48.8 Å². The third kappa shape index (κ3) is 6.20. The summed E-state index contributed by atoms with van der Waals surface area (Å²) in [7, 11) is 0. The predicted molar refractivity (Wildman–Crippen MR) is 123 cm³/mol. The van der Waals surface area contributed by atoms with Gasteiger partial charge in [0.25, 0.3) is 0 Å². The van der Waals surface area contributed by atoms with Crippen LogP contribution in [0.4, 0.5) is 10.5 Å². The monoisotopic (exact) mass is 439 g/mol. The molecule has 3 aromatic carbocycles. The lowest BCUT2D eigenvalue weighted by Crippen LogP contribution is -2.29. The number of benzene rings is 3. The Kier molecular flexibility index (Phi) is 8.86. The molecule has 3 rings (SSSR count). The molecule has 0 aromatic heterocycles. The summed E-state index contributed by atoms with van der Waals surface area (Å²) in [5, 5.41) is 23.2. The number of hydrogen-bond acceptors (Lipinski definition) is 6. The SMILES string of the molecule is CCO[C@H](CCO)[C@H](OC(=O)Nc1cccc2ccccc12)c1ccc(OCCO)cc1. The molecule has 1 amide bonds. The molecule has 0 saturated carbocycles. The summed E-state index contributed by atoms with van der Waals surface area (Å²) in [6, 6.07) is 20.5. The molecule has 170 valence electrons. The molecule has 0 aliphatic carbocycles. The van der Waals surface area contributed by atoms with Crippen molar-refractivity contribution >= 4 is 22.6 Å². The molecule has 0 fully saturated rings. The van der Waals surface area contributed by atoms with Gasteiger partial charge in [0.2, 0.25) is 0 Å². The summed E-state index contributed by atoms with van der Waals surface area (Å²) in [6.45, 7) is 2.27. The van der Waals surface area contributed by atoms with E-state index >= 15 is 0 Å². The minimum Gasteiger partial charge on any atom is -0.491 e. The number of fused-ring (bicyclic) bond motifs is 1. The molecule has 0 heterocycles. The average Bonchev–Trinajstić information content (AvgIpc) is 2.82. The van der Waals surface area contributed by atoms with E-state index in [4.69, 9.17) is 19.3 Å². The van der Waals surface area contributed by atoms with Crippen molar-refractivity contribution in [3.63, 3.8) is 0 Å². The molecular formula is C25H29NO6. The van der Waals surface area contributed by atoms with E-state index in [1.54, 1.807) is 24.3 Å². The summed E-state index contributed by atoms with van der Waals surface area (Å²) in [4.78, 5) is 12.9. The number of anilines is 1. The molecule has 0 aliphatic rings. The first kappa shape index (κ1) is 23.5. The zero-order valence-electron chi connectivity index (χ0n) is 18.1. The minimum atomic E-state index is -0.732. The third-order valence-electron chi connectivity index (χ3n) is 4.96. The first-order valence-electron chi connectivity index (χ1n) is 10.7. The van der Waals surface area contributed by atoms with Crippen LogP contribution in [0, 0.1) is 0 Å². The van der Waals surface area contributed by atoms with Gasteiger partial charge in [-0.3, -0.25) is 5.32 Å². The highest BCUT2D eigenvalue weighted by Crippen LogP contribution is 2.29. The maximum absolute atomic E-state index is 12.9.